The lowest BCUT2D eigenvalue weighted by Crippen LogP contribution is -2.24. The standard InChI is InChI=1S/C18H15ClN2OS/c19-17-3-1-13(2-4-17)8-18(22)21-10-14-7-16(11-20-9-14)15-5-6-23-12-15/h1-7,9,11-12H,8,10H2,(H,21,22). The van der Waals surface area contributed by atoms with Gasteiger partial charge in [-0.3, -0.25) is 9.78 Å². The molecule has 0 bridgehead atoms. The molecule has 1 aromatic carbocycles. The molecule has 2 heterocycles. The van der Waals surface area contributed by atoms with Gasteiger partial charge in [0.2, 0.25) is 5.91 Å². The summed E-state index contributed by atoms with van der Waals surface area (Å²) in [7, 11) is 0. The van der Waals surface area contributed by atoms with Crippen molar-refractivity contribution in [1.29, 1.82) is 0 Å². The number of carbonyl (C=O) groups excluding carboxylic acids is 1. The van der Waals surface area contributed by atoms with Gasteiger partial charge in [-0.2, -0.15) is 11.3 Å². The van der Waals surface area contributed by atoms with Crippen molar-refractivity contribution in [3.63, 3.8) is 0 Å². The number of rotatable bonds is 5. The molecule has 0 fully saturated rings. The first-order valence-electron chi connectivity index (χ1n) is 7.18. The molecule has 0 aliphatic rings. The Kier molecular flexibility index (Phi) is 5.05. The van der Waals surface area contributed by atoms with Crippen LogP contribution in [0.3, 0.4) is 0 Å². The number of hydrogen-bond acceptors (Lipinski definition) is 3. The highest BCUT2D eigenvalue weighted by Gasteiger charge is 2.05. The van der Waals surface area contributed by atoms with Crippen LogP contribution in [0.15, 0.2) is 59.6 Å². The molecule has 0 unspecified atom stereocenters. The maximum absolute atomic E-state index is 12.0. The van der Waals surface area contributed by atoms with Crippen molar-refractivity contribution in [2.45, 2.75) is 13.0 Å². The molecule has 0 saturated heterocycles. The van der Waals surface area contributed by atoms with E-state index in [-0.39, 0.29) is 5.91 Å². The van der Waals surface area contributed by atoms with Crippen LogP contribution in [0.1, 0.15) is 11.1 Å². The highest BCUT2D eigenvalue weighted by molar-refractivity contribution is 7.08. The second kappa shape index (κ2) is 7.40. The Labute approximate surface area is 144 Å². The summed E-state index contributed by atoms with van der Waals surface area (Å²) in [6.45, 7) is 0.470. The SMILES string of the molecule is O=C(Cc1ccc(Cl)cc1)NCc1cncc(-c2ccsc2)c1. The normalized spacial score (nSPS) is 10.5. The fourth-order valence-electron chi connectivity index (χ4n) is 2.22. The number of nitrogens with one attached hydrogen (secondary N) is 1. The van der Waals surface area contributed by atoms with Gasteiger partial charge in [-0.05, 0) is 51.7 Å². The summed E-state index contributed by atoms with van der Waals surface area (Å²) in [6.07, 6.45) is 3.95. The average Bonchev–Trinajstić information content (AvgIpc) is 3.10. The molecule has 0 atom stereocenters. The number of hydrogen-bond donors (Lipinski definition) is 1. The van der Waals surface area contributed by atoms with Crippen LogP contribution in [0, 0.1) is 0 Å². The number of carbonyl (C=O) groups is 1. The smallest absolute Gasteiger partial charge is 0.224 e. The zero-order valence-electron chi connectivity index (χ0n) is 12.3. The molecule has 1 amide bonds. The van der Waals surface area contributed by atoms with E-state index in [0.29, 0.717) is 18.0 Å². The largest absolute Gasteiger partial charge is 0.352 e. The topological polar surface area (TPSA) is 42.0 Å². The molecule has 1 N–H and O–H groups in total. The number of pyridine rings is 1. The molecular formula is C18H15ClN2OS. The van der Waals surface area contributed by atoms with Crippen LogP contribution in [0.4, 0.5) is 0 Å². The first-order chi connectivity index (χ1) is 11.2. The summed E-state index contributed by atoms with van der Waals surface area (Å²) in [5.41, 5.74) is 4.14. The summed E-state index contributed by atoms with van der Waals surface area (Å²) in [4.78, 5) is 16.3. The van der Waals surface area contributed by atoms with Gasteiger partial charge in [0.25, 0.3) is 0 Å². The summed E-state index contributed by atoms with van der Waals surface area (Å²) in [5, 5.41) is 7.72. The van der Waals surface area contributed by atoms with Crippen LogP contribution in [-0.4, -0.2) is 10.9 Å². The Bertz CT molecular complexity index is 785. The van der Waals surface area contributed by atoms with Crippen molar-refractivity contribution in [3.05, 3.63) is 75.7 Å². The van der Waals surface area contributed by atoms with Gasteiger partial charge in [-0.1, -0.05) is 23.7 Å². The molecule has 3 aromatic rings. The highest BCUT2D eigenvalue weighted by Crippen LogP contribution is 2.21. The predicted molar refractivity (Wildman–Crippen MR) is 94.6 cm³/mol. The van der Waals surface area contributed by atoms with E-state index in [0.717, 1.165) is 22.3 Å². The lowest BCUT2D eigenvalue weighted by Gasteiger charge is -2.07. The predicted octanol–water partition coefficient (Wildman–Crippen LogP) is 4.32. The van der Waals surface area contributed by atoms with Gasteiger partial charge in [0, 0.05) is 29.5 Å². The third-order valence-electron chi connectivity index (χ3n) is 3.42. The molecular weight excluding hydrogens is 328 g/mol. The zero-order chi connectivity index (χ0) is 16.1. The summed E-state index contributed by atoms with van der Waals surface area (Å²) in [6, 6.07) is 11.4. The Hall–Kier alpha value is -2.17. The first kappa shape index (κ1) is 15.7. The molecule has 23 heavy (non-hydrogen) atoms. The van der Waals surface area contributed by atoms with E-state index < -0.39 is 0 Å². The minimum atomic E-state index is -0.0201. The second-order valence-corrected chi connectivity index (χ2v) is 6.39. The minimum absolute atomic E-state index is 0.0201. The quantitative estimate of drug-likeness (QED) is 0.750. The summed E-state index contributed by atoms with van der Waals surface area (Å²) in [5.74, 6) is -0.0201. The van der Waals surface area contributed by atoms with Crippen molar-refractivity contribution in [2.24, 2.45) is 0 Å². The van der Waals surface area contributed by atoms with Crippen molar-refractivity contribution in [3.8, 4) is 11.1 Å². The molecule has 0 aliphatic carbocycles. The van der Waals surface area contributed by atoms with E-state index in [1.165, 1.54) is 0 Å². The maximum Gasteiger partial charge on any atom is 0.224 e. The minimum Gasteiger partial charge on any atom is -0.352 e. The van der Waals surface area contributed by atoms with E-state index in [9.17, 15) is 4.79 Å². The van der Waals surface area contributed by atoms with Crippen molar-refractivity contribution < 1.29 is 4.79 Å². The Morgan fingerprint density at radius 2 is 1.91 bits per heavy atom. The molecule has 116 valence electrons. The lowest BCUT2D eigenvalue weighted by atomic mass is 10.1. The molecule has 5 heteroatoms. The fourth-order valence-corrected chi connectivity index (χ4v) is 3.01. The number of nitrogens with zero attached hydrogens (tertiary/aromatic N) is 1. The average molecular weight is 343 g/mol. The third kappa shape index (κ3) is 4.41. The van der Waals surface area contributed by atoms with Gasteiger partial charge in [0.15, 0.2) is 0 Å². The van der Waals surface area contributed by atoms with Gasteiger partial charge < -0.3 is 5.32 Å². The number of benzene rings is 1. The Morgan fingerprint density at radius 1 is 1.09 bits per heavy atom. The molecule has 0 spiro atoms. The first-order valence-corrected chi connectivity index (χ1v) is 8.50. The molecule has 3 nitrogen and oxygen atoms in total. The fraction of sp³-hybridized carbons (Fsp3) is 0.111. The van der Waals surface area contributed by atoms with Gasteiger partial charge >= 0.3 is 0 Å². The van der Waals surface area contributed by atoms with E-state index in [2.05, 4.69) is 27.8 Å². The van der Waals surface area contributed by atoms with Crippen LogP contribution in [-0.2, 0) is 17.8 Å². The Morgan fingerprint density at radius 3 is 2.65 bits per heavy atom. The van der Waals surface area contributed by atoms with Crippen LogP contribution in [0.25, 0.3) is 11.1 Å². The number of aromatic nitrogens is 1. The number of halogens is 1. The molecule has 0 aliphatic heterocycles. The van der Waals surface area contributed by atoms with Crippen molar-refractivity contribution >= 4 is 28.8 Å². The van der Waals surface area contributed by atoms with E-state index in [1.807, 2.05) is 23.7 Å². The molecule has 0 saturated carbocycles. The van der Waals surface area contributed by atoms with Crippen LogP contribution >= 0.6 is 22.9 Å². The Balaban J connectivity index is 1.58. The van der Waals surface area contributed by atoms with Crippen LogP contribution in [0.5, 0.6) is 0 Å². The van der Waals surface area contributed by atoms with Crippen LogP contribution < -0.4 is 5.32 Å². The maximum atomic E-state index is 12.0. The van der Waals surface area contributed by atoms with Gasteiger partial charge in [0.05, 0.1) is 6.42 Å². The second-order valence-electron chi connectivity index (χ2n) is 5.17. The number of thiophene rings is 1. The van der Waals surface area contributed by atoms with Gasteiger partial charge in [-0.15, -0.1) is 0 Å². The monoisotopic (exact) mass is 342 g/mol. The van der Waals surface area contributed by atoms with Gasteiger partial charge in [-0.25, -0.2) is 0 Å². The summed E-state index contributed by atoms with van der Waals surface area (Å²) >= 11 is 7.49. The van der Waals surface area contributed by atoms with E-state index >= 15 is 0 Å². The third-order valence-corrected chi connectivity index (χ3v) is 4.35. The van der Waals surface area contributed by atoms with Crippen LogP contribution in [0.2, 0.25) is 5.02 Å². The van der Waals surface area contributed by atoms with Crippen molar-refractivity contribution in [1.82, 2.24) is 10.3 Å². The van der Waals surface area contributed by atoms with Gasteiger partial charge in [0.1, 0.15) is 0 Å². The zero-order valence-corrected chi connectivity index (χ0v) is 13.9. The van der Waals surface area contributed by atoms with E-state index in [4.69, 9.17) is 11.6 Å². The molecule has 3 rings (SSSR count). The number of amides is 1. The molecule has 0 radical (unpaired) electrons. The highest BCUT2D eigenvalue weighted by atomic mass is 35.5. The van der Waals surface area contributed by atoms with Crippen molar-refractivity contribution in [2.75, 3.05) is 0 Å². The lowest BCUT2D eigenvalue weighted by molar-refractivity contribution is -0.120. The van der Waals surface area contributed by atoms with E-state index in [1.54, 1.807) is 29.7 Å². The molecule has 2 aromatic heterocycles. The summed E-state index contributed by atoms with van der Waals surface area (Å²) < 4.78 is 0.